The first-order chi connectivity index (χ1) is 14.9. The van der Waals surface area contributed by atoms with E-state index >= 15 is 0 Å². The van der Waals surface area contributed by atoms with Gasteiger partial charge in [-0.25, -0.2) is 0 Å². The monoisotopic (exact) mass is 418 g/mol. The lowest BCUT2D eigenvalue weighted by atomic mass is 9.96. The number of fused-ring (bicyclic) bond motifs is 1. The molecule has 1 unspecified atom stereocenters. The molecule has 158 valence electrons. The van der Waals surface area contributed by atoms with E-state index in [-0.39, 0.29) is 23.9 Å². The van der Waals surface area contributed by atoms with Crippen molar-refractivity contribution < 1.29 is 19.2 Å². The van der Waals surface area contributed by atoms with Crippen molar-refractivity contribution >= 4 is 29.2 Å². The zero-order valence-electron chi connectivity index (χ0n) is 17.1. The summed E-state index contributed by atoms with van der Waals surface area (Å²) in [5, 5.41) is 2.32. The minimum Gasteiger partial charge on any atom is -0.364 e. The fourth-order valence-electron chi connectivity index (χ4n) is 4.15. The number of pyridine rings is 1. The summed E-state index contributed by atoms with van der Waals surface area (Å²) in [6.45, 7) is 2.25. The topological polar surface area (TPSA) is 122 Å². The van der Waals surface area contributed by atoms with Crippen LogP contribution < -0.4 is 11.1 Å². The van der Waals surface area contributed by atoms with E-state index in [4.69, 9.17) is 5.73 Å². The fourth-order valence-corrected chi connectivity index (χ4v) is 4.15. The van der Waals surface area contributed by atoms with Crippen molar-refractivity contribution in [1.29, 1.82) is 0 Å². The van der Waals surface area contributed by atoms with E-state index in [1.54, 1.807) is 18.2 Å². The van der Waals surface area contributed by atoms with Gasteiger partial charge in [-0.1, -0.05) is 24.3 Å². The summed E-state index contributed by atoms with van der Waals surface area (Å²) in [5.74, 6) is -1.52. The number of nitrogens with two attached hydrogens (primary N) is 1. The van der Waals surface area contributed by atoms with Gasteiger partial charge in [0.25, 0.3) is 11.8 Å². The largest absolute Gasteiger partial charge is 0.364 e. The zero-order valence-corrected chi connectivity index (χ0v) is 17.1. The Balaban J connectivity index is 1.60. The number of benzene rings is 1. The van der Waals surface area contributed by atoms with Gasteiger partial charge in [-0.2, -0.15) is 0 Å². The second kappa shape index (κ2) is 8.14. The van der Waals surface area contributed by atoms with Crippen LogP contribution in [0.3, 0.4) is 0 Å². The van der Waals surface area contributed by atoms with Crippen LogP contribution in [0.25, 0.3) is 5.57 Å². The van der Waals surface area contributed by atoms with Crippen LogP contribution in [0.15, 0.2) is 42.6 Å². The molecule has 1 atom stereocenters. The molecular formula is C23H22N4O4. The van der Waals surface area contributed by atoms with Crippen molar-refractivity contribution in [3.05, 3.63) is 70.6 Å². The van der Waals surface area contributed by atoms with Crippen molar-refractivity contribution in [2.75, 3.05) is 0 Å². The highest BCUT2D eigenvalue weighted by atomic mass is 16.2. The van der Waals surface area contributed by atoms with Gasteiger partial charge in [-0.05, 0) is 54.2 Å². The van der Waals surface area contributed by atoms with Crippen LogP contribution in [0.4, 0.5) is 0 Å². The molecule has 4 amide bonds. The van der Waals surface area contributed by atoms with E-state index in [2.05, 4.69) is 10.3 Å². The Bertz CT molecular complexity index is 1140. The van der Waals surface area contributed by atoms with Gasteiger partial charge in [0.05, 0.1) is 0 Å². The number of nitrogens with one attached hydrogen (secondary N) is 1. The second-order valence-electron chi connectivity index (χ2n) is 7.70. The molecule has 8 heteroatoms. The Labute approximate surface area is 179 Å². The molecule has 1 fully saturated rings. The van der Waals surface area contributed by atoms with Gasteiger partial charge in [0.2, 0.25) is 11.8 Å². The van der Waals surface area contributed by atoms with Crippen molar-refractivity contribution in [3.8, 4) is 0 Å². The zero-order chi connectivity index (χ0) is 22.1. The first kappa shape index (κ1) is 20.5. The van der Waals surface area contributed by atoms with Crippen LogP contribution in [0.2, 0.25) is 0 Å². The Morgan fingerprint density at radius 3 is 2.81 bits per heavy atom. The molecule has 1 aromatic carbocycles. The normalized spacial score (nSPS) is 18.7. The molecule has 0 radical (unpaired) electrons. The number of rotatable bonds is 5. The van der Waals surface area contributed by atoms with Gasteiger partial charge in [0, 0.05) is 24.7 Å². The molecule has 0 saturated carbocycles. The number of aromatic nitrogens is 1. The average molecular weight is 418 g/mol. The molecule has 0 aliphatic carbocycles. The number of hydrogen-bond donors (Lipinski definition) is 2. The lowest BCUT2D eigenvalue weighted by molar-refractivity contribution is -0.136. The van der Waals surface area contributed by atoms with E-state index in [1.165, 1.54) is 11.1 Å². The van der Waals surface area contributed by atoms with Gasteiger partial charge in [0.1, 0.15) is 11.7 Å². The van der Waals surface area contributed by atoms with Crippen molar-refractivity contribution in [2.45, 2.75) is 38.8 Å². The fraction of sp³-hybridized carbons (Fsp3) is 0.261. The molecule has 2 aromatic rings. The highest BCUT2D eigenvalue weighted by Gasteiger charge is 2.39. The summed E-state index contributed by atoms with van der Waals surface area (Å²) in [7, 11) is 0. The summed E-state index contributed by atoms with van der Waals surface area (Å²) < 4.78 is 0. The number of amides is 4. The Morgan fingerprint density at radius 2 is 2.06 bits per heavy atom. The molecule has 1 aromatic heterocycles. The van der Waals surface area contributed by atoms with Gasteiger partial charge in [0.15, 0.2) is 0 Å². The lowest BCUT2D eigenvalue weighted by Gasteiger charge is -2.29. The predicted octanol–water partition coefficient (Wildman–Crippen LogP) is 1.59. The molecule has 4 rings (SSSR count). The summed E-state index contributed by atoms with van der Waals surface area (Å²) in [6.07, 6.45) is 4.51. The maximum Gasteiger partial charge on any atom is 0.267 e. The number of carbonyl (C=O) groups excluding carboxylic acids is 4. The first-order valence-electron chi connectivity index (χ1n) is 10.0. The molecular weight excluding hydrogens is 396 g/mol. The number of imide groups is 1. The quantitative estimate of drug-likeness (QED) is 0.714. The van der Waals surface area contributed by atoms with Crippen LogP contribution in [0.1, 0.15) is 57.3 Å². The van der Waals surface area contributed by atoms with Gasteiger partial charge in [-0.15, -0.1) is 0 Å². The number of primary amides is 1. The minimum atomic E-state index is -0.650. The SMILES string of the molecule is CC(=CCc1cccnc1C(N)=O)c1cccc2c1CN(C1CCC(=O)NC1=O)C2=O. The maximum atomic E-state index is 13.0. The van der Waals surface area contributed by atoms with Gasteiger partial charge < -0.3 is 10.6 Å². The van der Waals surface area contributed by atoms with Gasteiger partial charge >= 0.3 is 0 Å². The molecule has 0 spiro atoms. The van der Waals surface area contributed by atoms with E-state index < -0.39 is 17.9 Å². The summed E-state index contributed by atoms with van der Waals surface area (Å²) in [4.78, 5) is 53.9. The van der Waals surface area contributed by atoms with E-state index in [0.717, 1.165) is 22.3 Å². The van der Waals surface area contributed by atoms with Gasteiger partial charge in [-0.3, -0.25) is 29.5 Å². The molecule has 3 heterocycles. The molecule has 2 aliphatic rings. The number of allylic oxidation sites excluding steroid dienone is 2. The number of piperidine rings is 1. The Morgan fingerprint density at radius 1 is 1.26 bits per heavy atom. The van der Waals surface area contributed by atoms with Crippen LogP contribution in [-0.4, -0.2) is 39.6 Å². The van der Waals surface area contributed by atoms with Crippen LogP contribution in [0.5, 0.6) is 0 Å². The third-order valence-electron chi connectivity index (χ3n) is 5.76. The van der Waals surface area contributed by atoms with Crippen molar-refractivity contribution in [2.24, 2.45) is 5.73 Å². The predicted molar refractivity (Wildman–Crippen MR) is 113 cm³/mol. The summed E-state index contributed by atoms with van der Waals surface area (Å²) >= 11 is 0. The Hall–Kier alpha value is -3.81. The number of nitrogens with zero attached hydrogens (tertiary/aromatic N) is 2. The molecule has 0 bridgehead atoms. The molecule has 3 N–H and O–H groups in total. The maximum absolute atomic E-state index is 13.0. The first-order valence-corrected chi connectivity index (χ1v) is 10.0. The van der Waals surface area contributed by atoms with Crippen LogP contribution in [0, 0.1) is 0 Å². The molecule has 8 nitrogen and oxygen atoms in total. The molecule has 1 saturated heterocycles. The third kappa shape index (κ3) is 3.84. The highest BCUT2D eigenvalue weighted by molar-refractivity contribution is 6.06. The van der Waals surface area contributed by atoms with E-state index in [0.29, 0.717) is 24.9 Å². The standard InChI is InChI=1S/C23H22N4O4/c1-13(7-8-14-4-3-11-25-20(14)21(24)29)15-5-2-6-16-17(15)12-27(23(16)31)18-9-10-19(28)26-22(18)30/h2-7,11,18H,8-10,12H2,1H3,(H2,24,29)(H,26,28,30). The smallest absolute Gasteiger partial charge is 0.267 e. The lowest BCUT2D eigenvalue weighted by Crippen LogP contribution is -2.52. The minimum absolute atomic E-state index is 0.206. The van der Waals surface area contributed by atoms with Crippen LogP contribution in [-0.2, 0) is 22.6 Å². The third-order valence-corrected chi connectivity index (χ3v) is 5.76. The summed E-state index contributed by atoms with van der Waals surface area (Å²) in [6, 6.07) is 8.41. The number of hydrogen-bond acceptors (Lipinski definition) is 5. The van der Waals surface area contributed by atoms with Crippen molar-refractivity contribution in [1.82, 2.24) is 15.2 Å². The van der Waals surface area contributed by atoms with E-state index in [9.17, 15) is 19.2 Å². The van der Waals surface area contributed by atoms with E-state index in [1.807, 2.05) is 25.1 Å². The van der Waals surface area contributed by atoms with Crippen molar-refractivity contribution in [3.63, 3.8) is 0 Å². The Kier molecular flexibility index (Phi) is 5.37. The highest BCUT2D eigenvalue weighted by Crippen LogP contribution is 2.32. The average Bonchev–Trinajstić information content (AvgIpc) is 3.08. The summed E-state index contributed by atoms with van der Waals surface area (Å²) in [5.41, 5.74) is 9.64. The van der Waals surface area contributed by atoms with Crippen LogP contribution >= 0.6 is 0 Å². The molecule has 2 aliphatic heterocycles. The molecule has 31 heavy (non-hydrogen) atoms. The number of carbonyl (C=O) groups is 4. The second-order valence-corrected chi connectivity index (χ2v) is 7.70.